The van der Waals surface area contributed by atoms with Gasteiger partial charge in [0, 0.05) is 5.69 Å². The molecule has 2 aromatic carbocycles. The summed E-state index contributed by atoms with van der Waals surface area (Å²) in [4.78, 5) is 23.8. The maximum atomic E-state index is 12.8. The van der Waals surface area contributed by atoms with E-state index in [1.165, 1.54) is 43.5 Å². The van der Waals surface area contributed by atoms with Crippen LogP contribution >= 0.6 is 0 Å². The van der Waals surface area contributed by atoms with Gasteiger partial charge in [-0.25, -0.2) is 9.18 Å². The van der Waals surface area contributed by atoms with E-state index < -0.39 is 24.3 Å². The number of amides is 1. The summed E-state index contributed by atoms with van der Waals surface area (Å²) in [6, 6.07) is 9.84. The second-order valence-electron chi connectivity index (χ2n) is 4.93. The Bertz CT molecular complexity index is 746. The van der Waals surface area contributed by atoms with Crippen LogP contribution in [0.2, 0.25) is 0 Å². The summed E-state index contributed by atoms with van der Waals surface area (Å²) < 4.78 is 28.3. The molecular weight excluding hydrogens is 329 g/mol. The van der Waals surface area contributed by atoms with Crippen molar-refractivity contribution in [3.8, 4) is 11.5 Å². The Labute approximate surface area is 144 Å². The molecule has 0 aliphatic rings. The molecule has 0 aliphatic carbocycles. The minimum atomic E-state index is -0.671. The van der Waals surface area contributed by atoms with Crippen LogP contribution in [0.5, 0.6) is 11.5 Å². The number of carbonyl (C=O) groups is 2. The molecule has 0 spiro atoms. The minimum absolute atomic E-state index is 0.231. The normalized spacial score (nSPS) is 10.0. The number of benzene rings is 2. The predicted octanol–water partition coefficient (Wildman–Crippen LogP) is 3.03. The lowest BCUT2D eigenvalue weighted by molar-refractivity contribution is -0.119. The molecule has 0 unspecified atom stereocenters. The number of rotatable bonds is 7. The maximum Gasteiger partial charge on any atom is 0.338 e. The van der Waals surface area contributed by atoms with Crippen LogP contribution in [0, 0.1) is 5.82 Å². The first-order valence-electron chi connectivity index (χ1n) is 7.57. The Kier molecular flexibility index (Phi) is 6.33. The van der Waals surface area contributed by atoms with Crippen LogP contribution in [0.4, 0.5) is 10.1 Å². The number of hydrogen-bond acceptors (Lipinski definition) is 5. The molecule has 0 saturated heterocycles. The zero-order chi connectivity index (χ0) is 18.2. The van der Waals surface area contributed by atoms with E-state index in [9.17, 15) is 14.0 Å². The van der Waals surface area contributed by atoms with E-state index >= 15 is 0 Å². The number of nitrogens with one attached hydrogen (secondary N) is 1. The highest BCUT2D eigenvalue weighted by Crippen LogP contribution is 2.28. The lowest BCUT2D eigenvalue weighted by Gasteiger charge is -2.11. The summed E-state index contributed by atoms with van der Waals surface area (Å²) in [6.07, 6.45) is 0. The predicted molar refractivity (Wildman–Crippen MR) is 89.5 cm³/mol. The van der Waals surface area contributed by atoms with Crippen molar-refractivity contribution in [2.24, 2.45) is 0 Å². The van der Waals surface area contributed by atoms with Crippen LogP contribution in [-0.2, 0) is 9.53 Å². The monoisotopic (exact) mass is 347 g/mol. The zero-order valence-electron chi connectivity index (χ0n) is 13.9. The summed E-state index contributed by atoms with van der Waals surface area (Å²) in [5.74, 6) is -0.704. The van der Waals surface area contributed by atoms with Crippen molar-refractivity contribution >= 4 is 17.6 Å². The van der Waals surface area contributed by atoms with Crippen LogP contribution in [0.1, 0.15) is 17.3 Å². The van der Waals surface area contributed by atoms with E-state index in [0.717, 1.165) is 0 Å². The number of carbonyl (C=O) groups excluding carboxylic acids is 2. The van der Waals surface area contributed by atoms with E-state index in [-0.39, 0.29) is 5.56 Å². The zero-order valence-corrected chi connectivity index (χ0v) is 13.9. The average Bonchev–Trinajstić information content (AvgIpc) is 2.62. The average molecular weight is 347 g/mol. The molecule has 0 radical (unpaired) electrons. The van der Waals surface area contributed by atoms with Gasteiger partial charge in [-0.3, -0.25) is 4.79 Å². The summed E-state index contributed by atoms with van der Waals surface area (Å²) in [7, 11) is 1.46. The molecule has 0 bridgehead atoms. The molecule has 0 atom stereocenters. The van der Waals surface area contributed by atoms with Crippen molar-refractivity contribution in [2.45, 2.75) is 6.92 Å². The molecule has 1 amide bonds. The van der Waals surface area contributed by atoms with Crippen LogP contribution in [0.3, 0.4) is 0 Å². The molecule has 25 heavy (non-hydrogen) atoms. The van der Waals surface area contributed by atoms with Crippen LogP contribution in [0.25, 0.3) is 0 Å². The van der Waals surface area contributed by atoms with Crippen LogP contribution in [-0.4, -0.2) is 32.2 Å². The summed E-state index contributed by atoms with van der Waals surface area (Å²) in [6.45, 7) is 1.83. The first kappa shape index (κ1) is 18.3. The summed E-state index contributed by atoms with van der Waals surface area (Å²) in [5.41, 5.74) is 0.639. The fourth-order valence-corrected chi connectivity index (χ4v) is 2.01. The Morgan fingerprint density at radius 2 is 1.80 bits per heavy atom. The second-order valence-corrected chi connectivity index (χ2v) is 4.93. The highest BCUT2D eigenvalue weighted by molar-refractivity contribution is 5.95. The Hall–Kier alpha value is -3.09. The molecule has 0 heterocycles. The number of anilines is 1. The third-order valence-electron chi connectivity index (χ3n) is 3.16. The second kappa shape index (κ2) is 8.68. The van der Waals surface area contributed by atoms with E-state index in [0.29, 0.717) is 23.8 Å². The number of methoxy groups -OCH3 is 1. The molecule has 2 rings (SSSR count). The van der Waals surface area contributed by atoms with Crippen LogP contribution in [0.15, 0.2) is 42.5 Å². The Balaban J connectivity index is 1.93. The molecule has 0 aromatic heterocycles. The van der Waals surface area contributed by atoms with Gasteiger partial charge < -0.3 is 19.5 Å². The number of halogens is 1. The molecule has 0 saturated carbocycles. The van der Waals surface area contributed by atoms with Crippen LogP contribution < -0.4 is 14.8 Å². The van der Waals surface area contributed by atoms with Gasteiger partial charge in [-0.2, -0.15) is 0 Å². The maximum absolute atomic E-state index is 12.8. The molecule has 1 N–H and O–H groups in total. The van der Waals surface area contributed by atoms with Gasteiger partial charge in [0.15, 0.2) is 18.1 Å². The third-order valence-corrected chi connectivity index (χ3v) is 3.16. The van der Waals surface area contributed by atoms with Gasteiger partial charge in [-0.05, 0) is 49.4 Å². The SMILES string of the molecule is CCOc1ccc(C(=O)OCC(=O)Nc2ccc(F)cc2)cc1OC. The first-order valence-corrected chi connectivity index (χ1v) is 7.57. The van der Waals surface area contributed by atoms with Gasteiger partial charge >= 0.3 is 5.97 Å². The van der Waals surface area contributed by atoms with Gasteiger partial charge in [0.25, 0.3) is 5.91 Å². The number of ether oxygens (including phenoxy) is 3. The van der Waals surface area contributed by atoms with E-state index in [1.54, 1.807) is 6.07 Å². The first-order chi connectivity index (χ1) is 12.0. The van der Waals surface area contributed by atoms with Gasteiger partial charge in [-0.15, -0.1) is 0 Å². The topological polar surface area (TPSA) is 73.9 Å². The molecule has 0 fully saturated rings. The standard InChI is InChI=1S/C18H18FNO5/c1-3-24-15-9-4-12(10-16(15)23-2)18(22)25-11-17(21)20-14-7-5-13(19)6-8-14/h4-10H,3,11H2,1-2H3,(H,20,21). The van der Waals surface area contributed by atoms with E-state index in [2.05, 4.69) is 5.32 Å². The van der Waals surface area contributed by atoms with Crippen molar-refractivity contribution in [1.29, 1.82) is 0 Å². The lowest BCUT2D eigenvalue weighted by atomic mass is 10.2. The molecule has 6 nitrogen and oxygen atoms in total. The Morgan fingerprint density at radius 1 is 1.08 bits per heavy atom. The van der Waals surface area contributed by atoms with Crippen molar-refractivity contribution < 1.29 is 28.2 Å². The number of hydrogen-bond donors (Lipinski definition) is 1. The highest BCUT2D eigenvalue weighted by Gasteiger charge is 2.14. The van der Waals surface area contributed by atoms with Crippen molar-refractivity contribution in [3.05, 3.63) is 53.8 Å². The largest absolute Gasteiger partial charge is 0.493 e. The summed E-state index contributed by atoms with van der Waals surface area (Å²) in [5, 5.41) is 2.50. The van der Waals surface area contributed by atoms with Crippen molar-refractivity contribution in [2.75, 3.05) is 25.6 Å². The molecule has 2 aromatic rings. The molecule has 0 aliphatic heterocycles. The molecule has 132 valence electrons. The quantitative estimate of drug-likeness (QED) is 0.780. The fourth-order valence-electron chi connectivity index (χ4n) is 2.01. The minimum Gasteiger partial charge on any atom is -0.493 e. The summed E-state index contributed by atoms with van der Waals surface area (Å²) >= 11 is 0. The highest BCUT2D eigenvalue weighted by atomic mass is 19.1. The van der Waals surface area contributed by atoms with Gasteiger partial charge in [0.1, 0.15) is 5.82 Å². The van der Waals surface area contributed by atoms with Crippen molar-refractivity contribution in [1.82, 2.24) is 0 Å². The molecular formula is C18H18FNO5. The van der Waals surface area contributed by atoms with E-state index in [4.69, 9.17) is 14.2 Å². The van der Waals surface area contributed by atoms with Gasteiger partial charge in [0.05, 0.1) is 19.3 Å². The number of esters is 1. The Morgan fingerprint density at radius 3 is 2.44 bits per heavy atom. The smallest absolute Gasteiger partial charge is 0.338 e. The molecule has 7 heteroatoms. The van der Waals surface area contributed by atoms with Crippen molar-refractivity contribution in [3.63, 3.8) is 0 Å². The fraction of sp³-hybridized carbons (Fsp3) is 0.222. The van der Waals surface area contributed by atoms with Gasteiger partial charge in [0.2, 0.25) is 0 Å². The van der Waals surface area contributed by atoms with E-state index in [1.807, 2.05) is 6.92 Å². The lowest BCUT2D eigenvalue weighted by Crippen LogP contribution is -2.21. The third kappa shape index (κ3) is 5.20. The van der Waals surface area contributed by atoms with Gasteiger partial charge in [-0.1, -0.05) is 0 Å².